The fraction of sp³-hybridized carbons (Fsp3) is 0.0556. The monoisotopic (exact) mass is 406 g/mol. The molecule has 3 rings (SSSR count). The van der Waals surface area contributed by atoms with Gasteiger partial charge < -0.3 is 14.8 Å². The van der Waals surface area contributed by atoms with Crippen LogP contribution < -0.4 is 10.0 Å². The first-order valence-corrected chi connectivity index (χ1v) is 9.63. The molecule has 0 aliphatic rings. The number of furan rings is 1. The average molecular weight is 407 g/mol. The highest BCUT2D eigenvalue weighted by atomic mass is 35.5. The predicted molar refractivity (Wildman–Crippen MR) is 100 cm³/mol. The number of sulfonamides is 1. The molecule has 0 saturated heterocycles. The molecule has 0 saturated carbocycles. The van der Waals surface area contributed by atoms with Gasteiger partial charge in [-0.3, -0.25) is 4.79 Å². The Morgan fingerprint density at radius 1 is 1.11 bits per heavy atom. The van der Waals surface area contributed by atoms with Crippen LogP contribution in [0.5, 0.6) is 5.75 Å². The lowest BCUT2D eigenvalue weighted by molar-refractivity contribution is 0.102. The maximum atomic E-state index is 12.3. The van der Waals surface area contributed by atoms with Crippen molar-refractivity contribution in [2.75, 3.05) is 5.32 Å². The van der Waals surface area contributed by atoms with Gasteiger partial charge in [0.05, 0.1) is 23.4 Å². The van der Waals surface area contributed by atoms with Crippen LogP contribution in [0.4, 0.5) is 5.69 Å². The lowest BCUT2D eigenvalue weighted by Crippen LogP contribution is -2.23. The third kappa shape index (κ3) is 4.68. The zero-order chi connectivity index (χ0) is 19.4. The first-order valence-electron chi connectivity index (χ1n) is 7.77. The van der Waals surface area contributed by atoms with E-state index in [-0.39, 0.29) is 28.4 Å². The number of carbonyl (C=O) groups is 1. The average Bonchev–Trinajstić information content (AvgIpc) is 3.17. The number of anilines is 1. The number of phenolic OH excluding ortho intramolecular Hbond substituents is 1. The van der Waals surface area contributed by atoms with Gasteiger partial charge in [0.25, 0.3) is 5.91 Å². The molecule has 1 heterocycles. The van der Waals surface area contributed by atoms with E-state index in [1.807, 2.05) is 0 Å². The van der Waals surface area contributed by atoms with Crippen LogP contribution in [0.1, 0.15) is 16.1 Å². The molecular formula is C18H15ClN2O5S. The Morgan fingerprint density at radius 2 is 1.85 bits per heavy atom. The topological polar surface area (TPSA) is 109 Å². The van der Waals surface area contributed by atoms with Crippen molar-refractivity contribution in [2.45, 2.75) is 11.4 Å². The van der Waals surface area contributed by atoms with Gasteiger partial charge in [-0.05, 0) is 54.6 Å². The van der Waals surface area contributed by atoms with E-state index >= 15 is 0 Å². The first-order chi connectivity index (χ1) is 12.8. The number of aromatic hydroxyl groups is 1. The molecule has 0 atom stereocenters. The van der Waals surface area contributed by atoms with Gasteiger partial charge in [0.15, 0.2) is 0 Å². The van der Waals surface area contributed by atoms with Crippen molar-refractivity contribution in [3.63, 3.8) is 0 Å². The SMILES string of the molecule is O=C(Nc1cc(Cl)ccc1O)c1ccc(S(=O)(=O)NCc2ccco2)cc1. The molecule has 2 aromatic carbocycles. The van der Waals surface area contributed by atoms with Crippen molar-refractivity contribution in [3.05, 3.63) is 77.2 Å². The van der Waals surface area contributed by atoms with Gasteiger partial charge in [0.1, 0.15) is 11.5 Å². The van der Waals surface area contributed by atoms with Gasteiger partial charge in [0.2, 0.25) is 10.0 Å². The largest absolute Gasteiger partial charge is 0.506 e. The van der Waals surface area contributed by atoms with Crippen molar-refractivity contribution >= 4 is 33.2 Å². The number of hydrogen-bond donors (Lipinski definition) is 3. The summed E-state index contributed by atoms with van der Waals surface area (Å²) in [6.07, 6.45) is 1.45. The second kappa shape index (κ2) is 7.83. The van der Waals surface area contributed by atoms with E-state index in [0.717, 1.165) is 0 Å². The van der Waals surface area contributed by atoms with Crippen molar-refractivity contribution in [2.24, 2.45) is 0 Å². The van der Waals surface area contributed by atoms with Crippen molar-refractivity contribution < 1.29 is 22.7 Å². The molecule has 0 aliphatic carbocycles. The number of carbonyl (C=O) groups excluding carboxylic acids is 1. The van der Waals surface area contributed by atoms with E-state index in [9.17, 15) is 18.3 Å². The Labute approximate surface area is 160 Å². The maximum absolute atomic E-state index is 12.3. The highest BCUT2D eigenvalue weighted by Crippen LogP contribution is 2.27. The van der Waals surface area contributed by atoms with Crippen LogP contribution in [0, 0.1) is 0 Å². The molecule has 0 bridgehead atoms. The third-order valence-corrected chi connectivity index (χ3v) is 5.30. The molecular weight excluding hydrogens is 392 g/mol. The molecule has 9 heteroatoms. The number of amides is 1. The summed E-state index contributed by atoms with van der Waals surface area (Å²) < 4.78 is 32.1. The summed E-state index contributed by atoms with van der Waals surface area (Å²) in [5, 5.41) is 12.6. The molecule has 0 unspecified atom stereocenters. The van der Waals surface area contributed by atoms with E-state index in [4.69, 9.17) is 16.0 Å². The number of benzene rings is 2. The summed E-state index contributed by atoms with van der Waals surface area (Å²) in [4.78, 5) is 12.3. The normalized spacial score (nSPS) is 11.3. The Morgan fingerprint density at radius 3 is 2.52 bits per heavy atom. The summed E-state index contributed by atoms with van der Waals surface area (Å²) >= 11 is 5.84. The summed E-state index contributed by atoms with van der Waals surface area (Å²) in [5.41, 5.74) is 0.378. The number of halogens is 1. The molecule has 1 amide bonds. The second-order valence-electron chi connectivity index (χ2n) is 5.54. The van der Waals surface area contributed by atoms with Gasteiger partial charge in [-0.1, -0.05) is 11.6 Å². The van der Waals surface area contributed by atoms with Gasteiger partial charge >= 0.3 is 0 Å². The van der Waals surface area contributed by atoms with Crippen LogP contribution in [0.15, 0.2) is 70.2 Å². The number of phenols is 1. The van der Waals surface area contributed by atoms with E-state index in [2.05, 4.69) is 10.0 Å². The smallest absolute Gasteiger partial charge is 0.255 e. The van der Waals surface area contributed by atoms with Crippen LogP contribution >= 0.6 is 11.6 Å². The maximum Gasteiger partial charge on any atom is 0.255 e. The van der Waals surface area contributed by atoms with Crippen molar-refractivity contribution in [3.8, 4) is 5.75 Å². The molecule has 0 aliphatic heterocycles. The first kappa shape index (κ1) is 19.0. The van der Waals surface area contributed by atoms with Crippen molar-refractivity contribution in [1.82, 2.24) is 4.72 Å². The van der Waals surface area contributed by atoms with E-state index < -0.39 is 15.9 Å². The predicted octanol–water partition coefficient (Wildman–Crippen LogP) is 3.37. The Balaban J connectivity index is 1.70. The van der Waals surface area contributed by atoms with Gasteiger partial charge in [-0.25, -0.2) is 13.1 Å². The number of rotatable bonds is 6. The molecule has 7 nitrogen and oxygen atoms in total. The lowest BCUT2D eigenvalue weighted by atomic mass is 10.2. The van der Waals surface area contributed by atoms with E-state index in [1.165, 1.54) is 48.7 Å². The molecule has 0 spiro atoms. The van der Waals surface area contributed by atoms with Gasteiger partial charge in [-0.15, -0.1) is 0 Å². The molecule has 1 aromatic heterocycles. The van der Waals surface area contributed by atoms with Crippen LogP contribution in [-0.4, -0.2) is 19.4 Å². The van der Waals surface area contributed by atoms with E-state index in [0.29, 0.717) is 10.8 Å². The Bertz CT molecular complexity index is 1050. The van der Waals surface area contributed by atoms with Crippen molar-refractivity contribution in [1.29, 1.82) is 0 Å². The molecule has 0 fully saturated rings. The van der Waals surface area contributed by atoms with Gasteiger partial charge in [0, 0.05) is 10.6 Å². The molecule has 0 radical (unpaired) electrons. The number of nitrogens with one attached hydrogen (secondary N) is 2. The summed E-state index contributed by atoms with van der Waals surface area (Å²) in [5.74, 6) is -0.162. The minimum atomic E-state index is -3.75. The van der Waals surface area contributed by atoms with Crippen LogP contribution in [0.25, 0.3) is 0 Å². The highest BCUT2D eigenvalue weighted by molar-refractivity contribution is 7.89. The minimum Gasteiger partial charge on any atom is -0.506 e. The molecule has 3 aromatic rings. The fourth-order valence-electron chi connectivity index (χ4n) is 2.25. The van der Waals surface area contributed by atoms with Gasteiger partial charge in [-0.2, -0.15) is 0 Å². The zero-order valence-electron chi connectivity index (χ0n) is 13.8. The standard InChI is InChI=1S/C18H15ClN2O5S/c19-13-5-8-17(22)16(10-13)21-18(23)12-3-6-15(7-4-12)27(24,25)20-11-14-2-1-9-26-14/h1-10,20,22H,11H2,(H,21,23). The number of hydrogen-bond acceptors (Lipinski definition) is 5. The molecule has 140 valence electrons. The van der Waals surface area contributed by atoms with Crippen LogP contribution in [-0.2, 0) is 16.6 Å². The van der Waals surface area contributed by atoms with E-state index in [1.54, 1.807) is 12.1 Å². The lowest BCUT2D eigenvalue weighted by Gasteiger charge is -2.09. The summed E-state index contributed by atoms with van der Waals surface area (Å²) in [6, 6.07) is 13.0. The fourth-order valence-corrected chi connectivity index (χ4v) is 3.42. The third-order valence-electron chi connectivity index (χ3n) is 3.65. The Hall–Kier alpha value is -2.81. The Kier molecular flexibility index (Phi) is 5.50. The second-order valence-corrected chi connectivity index (χ2v) is 7.75. The van der Waals surface area contributed by atoms with Crippen LogP contribution in [0.2, 0.25) is 5.02 Å². The minimum absolute atomic E-state index is 0.0104. The summed E-state index contributed by atoms with van der Waals surface area (Å²) in [6.45, 7) is 0.0195. The zero-order valence-corrected chi connectivity index (χ0v) is 15.4. The van der Waals surface area contributed by atoms with Crippen LogP contribution in [0.3, 0.4) is 0 Å². The quantitative estimate of drug-likeness (QED) is 0.544. The molecule has 27 heavy (non-hydrogen) atoms. The molecule has 3 N–H and O–H groups in total. The highest BCUT2D eigenvalue weighted by Gasteiger charge is 2.16. The summed E-state index contributed by atoms with van der Waals surface area (Å²) in [7, 11) is -3.75.